The van der Waals surface area contributed by atoms with E-state index in [-0.39, 0.29) is 6.04 Å². The van der Waals surface area contributed by atoms with Crippen LogP contribution >= 0.6 is 11.3 Å². The molecule has 0 saturated carbocycles. The molecule has 0 aliphatic heterocycles. The summed E-state index contributed by atoms with van der Waals surface area (Å²) in [7, 11) is 0. The Morgan fingerprint density at radius 1 is 1.29 bits per heavy atom. The standard InChI is InChI=1S/C12H11N3OS/c1-7(13)11-14-15-12(17-11)9-6-16-10-5-3-2-4-8(9)10/h2-7H,13H2,1H3. The second-order valence-corrected chi connectivity index (χ2v) is 4.89. The molecular formula is C12H11N3OS. The summed E-state index contributed by atoms with van der Waals surface area (Å²) < 4.78 is 5.48. The molecule has 1 aromatic carbocycles. The van der Waals surface area contributed by atoms with Crippen LogP contribution in [0.1, 0.15) is 18.0 Å². The van der Waals surface area contributed by atoms with E-state index >= 15 is 0 Å². The molecule has 2 heterocycles. The fraction of sp³-hybridized carbons (Fsp3) is 0.167. The van der Waals surface area contributed by atoms with Gasteiger partial charge in [-0.25, -0.2) is 0 Å². The minimum Gasteiger partial charge on any atom is -0.464 e. The minimum atomic E-state index is -0.0839. The molecule has 3 aromatic rings. The first-order valence-corrected chi connectivity index (χ1v) is 6.13. The van der Waals surface area contributed by atoms with E-state index in [1.807, 2.05) is 31.2 Å². The predicted octanol–water partition coefficient (Wildman–Crippen LogP) is 2.97. The molecule has 2 N–H and O–H groups in total. The summed E-state index contributed by atoms with van der Waals surface area (Å²) >= 11 is 1.51. The van der Waals surface area contributed by atoms with Crippen LogP contribution in [-0.2, 0) is 0 Å². The molecule has 1 atom stereocenters. The van der Waals surface area contributed by atoms with Crippen molar-refractivity contribution in [3.63, 3.8) is 0 Å². The molecule has 17 heavy (non-hydrogen) atoms. The van der Waals surface area contributed by atoms with Gasteiger partial charge in [0.05, 0.1) is 11.6 Å². The Bertz CT molecular complexity index is 656. The smallest absolute Gasteiger partial charge is 0.151 e. The van der Waals surface area contributed by atoms with E-state index in [2.05, 4.69) is 10.2 Å². The number of furan rings is 1. The molecule has 3 rings (SSSR count). The van der Waals surface area contributed by atoms with Crippen LogP contribution in [0, 0.1) is 0 Å². The Kier molecular flexibility index (Phi) is 2.42. The molecule has 5 heteroatoms. The summed E-state index contributed by atoms with van der Waals surface area (Å²) in [5.41, 5.74) is 7.62. The van der Waals surface area contributed by atoms with E-state index in [1.54, 1.807) is 6.26 Å². The quantitative estimate of drug-likeness (QED) is 0.753. The van der Waals surface area contributed by atoms with Crippen molar-refractivity contribution < 1.29 is 4.42 Å². The highest BCUT2D eigenvalue weighted by atomic mass is 32.1. The minimum absolute atomic E-state index is 0.0839. The van der Waals surface area contributed by atoms with E-state index in [1.165, 1.54) is 11.3 Å². The first-order chi connectivity index (χ1) is 8.25. The van der Waals surface area contributed by atoms with Gasteiger partial charge in [-0.1, -0.05) is 29.5 Å². The maximum atomic E-state index is 5.78. The highest BCUT2D eigenvalue weighted by Crippen LogP contribution is 2.33. The molecular weight excluding hydrogens is 234 g/mol. The molecule has 0 fully saturated rings. The van der Waals surface area contributed by atoms with Gasteiger partial charge < -0.3 is 10.2 Å². The Hall–Kier alpha value is -1.72. The van der Waals surface area contributed by atoms with E-state index in [9.17, 15) is 0 Å². The third kappa shape index (κ3) is 1.73. The van der Waals surface area contributed by atoms with Gasteiger partial charge in [0.1, 0.15) is 16.9 Å². The van der Waals surface area contributed by atoms with Crippen molar-refractivity contribution in [1.29, 1.82) is 0 Å². The van der Waals surface area contributed by atoms with Crippen molar-refractivity contribution in [3.05, 3.63) is 35.5 Å². The second kappa shape index (κ2) is 3.94. The molecule has 0 bridgehead atoms. The summed E-state index contributed by atoms with van der Waals surface area (Å²) in [6, 6.07) is 7.80. The zero-order valence-corrected chi connectivity index (χ0v) is 10.1. The molecule has 0 amide bonds. The molecule has 86 valence electrons. The fourth-order valence-corrected chi connectivity index (χ4v) is 2.49. The Labute approximate surface area is 102 Å². The number of para-hydroxylation sites is 1. The molecule has 0 spiro atoms. The molecule has 4 nitrogen and oxygen atoms in total. The number of fused-ring (bicyclic) bond motifs is 1. The molecule has 1 unspecified atom stereocenters. The SMILES string of the molecule is CC(N)c1nnc(-c2coc3ccccc23)s1. The predicted molar refractivity (Wildman–Crippen MR) is 67.7 cm³/mol. The summed E-state index contributed by atoms with van der Waals surface area (Å²) in [5, 5.41) is 11.0. The lowest BCUT2D eigenvalue weighted by Crippen LogP contribution is -2.03. The van der Waals surface area contributed by atoms with Gasteiger partial charge in [0.15, 0.2) is 5.01 Å². The molecule has 0 radical (unpaired) electrons. The van der Waals surface area contributed by atoms with Crippen LogP contribution in [-0.4, -0.2) is 10.2 Å². The van der Waals surface area contributed by atoms with Gasteiger partial charge in [0, 0.05) is 5.39 Å². The zero-order valence-electron chi connectivity index (χ0n) is 9.25. The number of rotatable bonds is 2. The van der Waals surface area contributed by atoms with Gasteiger partial charge in [-0.3, -0.25) is 0 Å². The Morgan fingerprint density at radius 3 is 2.88 bits per heavy atom. The van der Waals surface area contributed by atoms with E-state index in [4.69, 9.17) is 10.2 Å². The van der Waals surface area contributed by atoms with Gasteiger partial charge in [0.2, 0.25) is 0 Å². The van der Waals surface area contributed by atoms with Gasteiger partial charge in [-0.05, 0) is 13.0 Å². The number of hydrogen-bond acceptors (Lipinski definition) is 5. The van der Waals surface area contributed by atoms with Crippen molar-refractivity contribution in [3.8, 4) is 10.6 Å². The Balaban J connectivity index is 2.14. The first kappa shape index (κ1) is 10.4. The highest BCUT2D eigenvalue weighted by Gasteiger charge is 2.14. The average molecular weight is 245 g/mol. The highest BCUT2D eigenvalue weighted by molar-refractivity contribution is 7.14. The van der Waals surface area contributed by atoms with Crippen LogP contribution in [0.4, 0.5) is 0 Å². The third-order valence-corrected chi connectivity index (χ3v) is 3.70. The lowest BCUT2D eigenvalue weighted by Gasteiger charge is -1.94. The number of nitrogens with two attached hydrogens (primary N) is 1. The first-order valence-electron chi connectivity index (χ1n) is 5.31. The number of aromatic nitrogens is 2. The van der Waals surface area contributed by atoms with Gasteiger partial charge in [-0.2, -0.15) is 0 Å². The van der Waals surface area contributed by atoms with Crippen LogP contribution in [0.15, 0.2) is 34.9 Å². The topological polar surface area (TPSA) is 64.9 Å². The van der Waals surface area contributed by atoms with Gasteiger partial charge in [0.25, 0.3) is 0 Å². The molecule has 2 aromatic heterocycles. The maximum Gasteiger partial charge on any atom is 0.151 e. The van der Waals surface area contributed by atoms with E-state index < -0.39 is 0 Å². The monoisotopic (exact) mass is 245 g/mol. The van der Waals surface area contributed by atoms with Crippen LogP contribution in [0.5, 0.6) is 0 Å². The van der Waals surface area contributed by atoms with Crippen molar-refractivity contribution in [1.82, 2.24) is 10.2 Å². The fourth-order valence-electron chi connectivity index (χ4n) is 1.67. The Morgan fingerprint density at radius 2 is 2.12 bits per heavy atom. The molecule has 0 saturated heterocycles. The lowest BCUT2D eigenvalue weighted by molar-refractivity contribution is 0.617. The maximum absolute atomic E-state index is 5.78. The van der Waals surface area contributed by atoms with Gasteiger partial charge >= 0.3 is 0 Å². The van der Waals surface area contributed by atoms with Crippen molar-refractivity contribution >= 4 is 22.3 Å². The normalized spacial score (nSPS) is 13.1. The van der Waals surface area contributed by atoms with Crippen LogP contribution < -0.4 is 5.73 Å². The zero-order chi connectivity index (χ0) is 11.8. The van der Waals surface area contributed by atoms with Crippen LogP contribution in [0.25, 0.3) is 21.5 Å². The van der Waals surface area contributed by atoms with Crippen LogP contribution in [0.3, 0.4) is 0 Å². The third-order valence-electron chi connectivity index (χ3n) is 2.54. The average Bonchev–Trinajstić information content (AvgIpc) is 2.95. The summed E-state index contributed by atoms with van der Waals surface area (Å²) in [4.78, 5) is 0. The number of hydrogen-bond donors (Lipinski definition) is 1. The van der Waals surface area contributed by atoms with E-state index in [0.717, 1.165) is 26.5 Å². The molecule has 0 aliphatic rings. The summed E-state index contributed by atoms with van der Waals surface area (Å²) in [5.74, 6) is 0. The van der Waals surface area contributed by atoms with Crippen molar-refractivity contribution in [2.75, 3.05) is 0 Å². The van der Waals surface area contributed by atoms with Crippen molar-refractivity contribution in [2.24, 2.45) is 5.73 Å². The van der Waals surface area contributed by atoms with Crippen LogP contribution in [0.2, 0.25) is 0 Å². The van der Waals surface area contributed by atoms with E-state index in [0.29, 0.717) is 0 Å². The number of benzene rings is 1. The summed E-state index contributed by atoms with van der Waals surface area (Å²) in [6.07, 6.45) is 1.72. The molecule has 0 aliphatic carbocycles. The summed E-state index contributed by atoms with van der Waals surface area (Å²) in [6.45, 7) is 1.90. The van der Waals surface area contributed by atoms with Crippen molar-refractivity contribution in [2.45, 2.75) is 13.0 Å². The number of nitrogens with zero attached hydrogens (tertiary/aromatic N) is 2. The largest absolute Gasteiger partial charge is 0.464 e. The van der Waals surface area contributed by atoms with Gasteiger partial charge in [-0.15, -0.1) is 10.2 Å². The lowest BCUT2D eigenvalue weighted by atomic mass is 10.2. The second-order valence-electron chi connectivity index (χ2n) is 3.88.